The second-order valence-electron chi connectivity index (χ2n) is 3.67. The van der Waals surface area contributed by atoms with Crippen LogP contribution in [0.2, 0.25) is 0 Å². The minimum atomic E-state index is 0.532. The molecule has 0 aromatic carbocycles. The van der Waals surface area contributed by atoms with Crippen molar-refractivity contribution < 1.29 is 0 Å². The SMILES string of the molecule is CCC/C=C/CC1(CN)CC1. The maximum atomic E-state index is 5.65. The van der Waals surface area contributed by atoms with Gasteiger partial charge in [0.05, 0.1) is 0 Å². The molecule has 0 unspecified atom stereocenters. The first-order valence-corrected chi connectivity index (χ1v) is 4.68. The van der Waals surface area contributed by atoms with Crippen LogP contribution in [-0.2, 0) is 0 Å². The molecule has 1 aliphatic rings. The van der Waals surface area contributed by atoms with Gasteiger partial charge in [-0.2, -0.15) is 0 Å². The van der Waals surface area contributed by atoms with E-state index in [2.05, 4.69) is 19.1 Å². The van der Waals surface area contributed by atoms with Crippen molar-refractivity contribution in [3.8, 4) is 0 Å². The smallest absolute Gasteiger partial charge is 0.00176 e. The molecule has 0 heterocycles. The summed E-state index contributed by atoms with van der Waals surface area (Å²) in [4.78, 5) is 0. The van der Waals surface area contributed by atoms with E-state index < -0.39 is 0 Å². The fourth-order valence-corrected chi connectivity index (χ4v) is 1.29. The number of allylic oxidation sites excluding steroid dienone is 2. The van der Waals surface area contributed by atoms with Crippen molar-refractivity contribution in [1.29, 1.82) is 0 Å². The molecule has 0 aromatic rings. The summed E-state index contributed by atoms with van der Waals surface area (Å²) in [5.74, 6) is 0. The Morgan fingerprint density at radius 3 is 2.55 bits per heavy atom. The van der Waals surface area contributed by atoms with Gasteiger partial charge in [0.1, 0.15) is 0 Å². The Bertz CT molecular complexity index is 134. The molecule has 0 amide bonds. The molecule has 1 fully saturated rings. The zero-order valence-corrected chi connectivity index (χ0v) is 7.47. The zero-order valence-electron chi connectivity index (χ0n) is 7.47. The Morgan fingerprint density at radius 2 is 2.09 bits per heavy atom. The van der Waals surface area contributed by atoms with Gasteiger partial charge >= 0.3 is 0 Å². The second kappa shape index (κ2) is 3.91. The lowest BCUT2D eigenvalue weighted by molar-refractivity contribution is 0.532. The number of hydrogen-bond donors (Lipinski definition) is 1. The van der Waals surface area contributed by atoms with E-state index in [4.69, 9.17) is 5.73 Å². The molecule has 0 atom stereocenters. The highest BCUT2D eigenvalue weighted by atomic mass is 14.6. The van der Waals surface area contributed by atoms with Gasteiger partial charge in [-0.1, -0.05) is 25.5 Å². The van der Waals surface area contributed by atoms with Crippen LogP contribution in [-0.4, -0.2) is 6.54 Å². The Morgan fingerprint density at radius 1 is 1.36 bits per heavy atom. The monoisotopic (exact) mass is 153 g/mol. The molecule has 0 spiro atoms. The van der Waals surface area contributed by atoms with Crippen molar-refractivity contribution in [3.63, 3.8) is 0 Å². The van der Waals surface area contributed by atoms with Gasteiger partial charge in [0.25, 0.3) is 0 Å². The number of rotatable bonds is 5. The van der Waals surface area contributed by atoms with Crippen LogP contribution in [0.15, 0.2) is 12.2 Å². The van der Waals surface area contributed by atoms with Crippen molar-refractivity contribution in [2.24, 2.45) is 11.1 Å². The standard InChI is InChI=1S/C10H19N/c1-2-3-4-5-6-10(9-11)7-8-10/h4-5H,2-3,6-9,11H2,1H3/b5-4+. The van der Waals surface area contributed by atoms with Crippen molar-refractivity contribution >= 4 is 0 Å². The van der Waals surface area contributed by atoms with E-state index in [0.29, 0.717) is 5.41 Å². The lowest BCUT2D eigenvalue weighted by Crippen LogP contribution is -2.14. The third-order valence-corrected chi connectivity index (χ3v) is 2.56. The molecule has 0 saturated heterocycles. The van der Waals surface area contributed by atoms with Gasteiger partial charge in [0.15, 0.2) is 0 Å². The second-order valence-corrected chi connectivity index (χ2v) is 3.67. The molecule has 11 heavy (non-hydrogen) atoms. The third kappa shape index (κ3) is 2.66. The number of unbranched alkanes of at least 4 members (excludes halogenated alkanes) is 1. The minimum absolute atomic E-state index is 0.532. The van der Waals surface area contributed by atoms with Crippen LogP contribution in [0.4, 0.5) is 0 Å². The van der Waals surface area contributed by atoms with Crippen molar-refractivity contribution in [1.82, 2.24) is 0 Å². The van der Waals surface area contributed by atoms with Crippen molar-refractivity contribution in [3.05, 3.63) is 12.2 Å². The molecule has 0 aliphatic heterocycles. The first-order valence-electron chi connectivity index (χ1n) is 4.68. The zero-order chi connectivity index (χ0) is 8.16. The van der Waals surface area contributed by atoms with Gasteiger partial charge in [-0.25, -0.2) is 0 Å². The lowest BCUT2D eigenvalue weighted by Gasteiger charge is -2.06. The summed E-state index contributed by atoms with van der Waals surface area (Å²) in [5, 5.41) is 0. The average molecular weight is 153 g/mol. The van der Waals surface area contributed by atoms with Crippen molar-refractivity contribution in [2.45, 2.75) is 39.0 Å². The fraction of sp³-hybridized carbons (Fsp3) is 0.800. The minimum Gasteiger partial charge on any atom is -0.330 e. The van der Waals surface area contributed by atoms with Gasteiger partial charge in [0, 0.05) is 0 Å². The molecule has 1 rings (SSSR count). The van der Waals surface area contributed by atoms with Crippen LogP contribution in [0, 0.1) is 5.41 Å². The molecule has 1 saturated carbocycles. The first kappa shape index (κ1) is 8.79. The predicted molar refractivity (Wildman–Crippen MR) is 49.4 cm³/mol. The normalized spacial score (nSPS) is 20.9. The largest absolute Gasteiger partial charge is 0.330 e. The quantitative estimate of drug-likeness (QED) is 0.603. The van der Waals surface area contributed by atoms with Gasteiger partial charge in [0.2, 0.25) is 0 Å². The van der Waals surface area contributed by atoms with E-state index in [1.165, 1.54) is 32.1 Å². The molecule has 64 valence electrons. The van der Waals surface area contributed by atoms with E-state index >= 15 is 0 Å². The highest BCUT2D eigenvalue weighted by molar-refractivity contribution is 5.00. The van der Waals surface area contributed by atoms with Gasteiger partial charge in [-0.3, -0.25) is 0 Å². The third-order valence-electron chi connectivity index (χ3n) is 2.56. The molecule has 0 bridgehead atoms. The summed E-state index contributed by atoms with van der Waals surface area (Å²) in [6.45, 7) is 3.09. The van der Waals surface area contributed by atoms with Crippen LogP contribution in [0.3, 0.4) is 0 Å². The summed E-state index contributed by atoms with van der Waals surface area (Å²) >= 11 is 0. The number of nitrogens with two attached hydrogens (primary N) is 1. The molecule has 1 heteroatoms. The Kier molecular flexibility index (Phi) is 3.13. The van der Waals surface area contributed by atoms with Crippen LogP contribution in [0.1, 0.15) is 39.0 Å². The average Bonchev–Trinajstić information content (AvgIpc) is 2.80. The molecule has 2 N–H and O–H groups in total. The Labute approximate surface area is 69.7 Å². The topological polar surface area (TPSA) is 26.0 Å². The summed E-state index contributed by atoms with van der Waals surface area (Å²) in [7, 11) is 0. The Hall–Kier alpha value is -0.300. The molecule has 1 aliphatic carbocycles. The van der Waals surface area contributed by atoms with E-state index in [9.17, 15) is 0 Å². The lowest BCUT2D eigenvalue weighted by atomic mass is 10.0. The maximum Gasteiger partial charge on any atom is -0.00176 e. The predicted octanol–water partition coefficient (Wildman–Crippen LogP) is 2.47. The van der Waals surface area contributed by atoms with E-state index in [1.54, 1.807) is 0 Å². The van der Waals surface area contributed by atoms with Gasteiger partial charge < -0.3 is 5.73 Å². The first-order chi connectivity index (χ1) is 5.33. The summed E-state index contributed by atoms with van der Waals surface area (Å²) in [6.07, 6.45) is 11.0. The van der Waals surface area contributed by atoms with Crippen LogP contribution < -0.4 is 5.73 Å². The highest BCUT2D eigenvalue weighted by Crippen LogP contribution is 2.47. The van der Waals surface area contributed by atoms with Crippen LogP contribution in [0.5, 0.6) is 0 Å². The summed E-state index contributed by atoms with van der Waals surface area (Å²) in [6, 6.07) is 0. The van der Waals surface area contributed by atoms with Gasteiger partial charge in [-0.05, 0) is 37.6 Å². The summed E-state index contributed by atoms with van der Waals surface area (Å²) in [5.41, 5.74) is 6.18. The number of hydrogen-bond acceptors (Lipinski definition) is 1. The molecule has 0 radical (unpaired) electrons. The molecule has 1 nitrogen and oxygen atoms in total. The van der Waals surface area contributed by atoms with Crippen molar-refractivity contribution in [2.75, 3.05) is 6.54 Å². The molecular weight excluding hydrogens is 134 g/mol. The van der Waals surface area contributed by atoms with Gasteiger partial charge in [-0.15, -0.1) is 0 Å². The fourth-order valence-electron chi connectivity index (χ4n) is 1.29. The summed E-state index contributed by atoms with van der Waals surface area (Å²) < 4.78 is 0. The van der Waals surface area contributed by atoms with Crippen LogP contribution in [0.25, 0.3) is 0 Å². The van der Waals surface area contributed by atoms with E-state index in [-0.39, 0.29) is 0 Å². The Balaban J connectivity index is 2.11. The van der Waals surface area contributed by atoms with E-state index in [0.717, 1.165) is 6.54 Å². The molecular formula is C10H19N. The van der Waals surface area contributed by atoms with E-state index in [1.807, 2.05) is 0 Å². The highest BCUT2D eigenvalue weighted by Gasteiger charge is 2.39. The maximum absolute atomic E-state index is 5.65. The van der Waals surface area contributed by atoms with Crippen LogP contribution >= 0.6 is 0 Å². The molecule has 0 aromatic heterocycles.